The first-order valence-corrected chi connectivity index (χ1v) is 9.31. The minimum atomic E-state index is -0.372. The van der Waals surface area contributed by atoms with Crippen LogP contribution in [0.4, 0.5) is 0 Å². The smallest absolute Gasteiger partial charge is 0.337 e. The fraction of sp³-hybridized carbons (Fsp3) is 0.0476. The van der Waals surface area contributed by atoms with Crippen molar-refractivity contribution >= 4 is 39.6 Å². The van der Waals surface area contributed by atoms with E-state index >= 15 is 0 Å². The van der Waals surface area contributed by atoms with Crippen molar-refractivity contribution in [2.75, 3.05) is 7.11 Å². The van der Waals surface area contributed by atoms with E-state index in [9.17, 15) is 9.90 Å². The Hall–Kier alpha value is -2.87. The molecule has 3 aromatic carbocycles. The summed E-state index contributed by atoms with van der Waals surface area (Å²) in [4.78, 5) is 16.6. The van der Waals surface area contributed by atoms with Gasteiger partial charge >= 0.3 is 5.97 Å². The maximum atomic E-state index is 11.7. The van der Waals surface area contributed by atoms with E-state index in [0.717, 1.165) is 31.7 Å². The molecule has 0 atom stereocenters. The van der Waals surface area contributed by atoms with Crippen molar-refractivity contribution in [3.63, 3.8) is 0 Å². The molecular formula is C21H15IN2O3. The summed E-state index contributed by atoms with van der Waals surface area (Å²) in [5, 5.41) is 9.63. The number of nitrogens with zero attached hydrogens (tertiary/aromatic N) is 2. The summed E-state index contributed by atoms with van der Waals surface area (Å²) < 4.78 is 7.86. The second-order valence-corrected chi connectivity index (χ2v) is 7.13. The molecule has 0 saturated heterocycles. The van der Waals surface area contributed by atoms with Crippen molar-refractivity contribution in [2.45, 2.75) is 0 Å². The number of hydrogen-bond donors (Lipinski definition) is 1. The van der Waals surface area contributed by atoms with Crippen LogP contribution in [0.15, 0.2) is 66.7 Å². The maximum Gasteiger partial charge on any atom is 0.337 e. The van der Waals surface area contributed by atoms with Crippen molar-refractivity contribution in [3.8, 4) is 22.8 Å². The fourth-order valence-electron chi connectivity index (χ4n) is 3.00. The average Bonchev–Trinajstić information content (AvgIpc) is 3.09. The van der Waals surface area contributed by atoms with E-state index < -0.39 is 0 Å². The van der Waals surface area contributed by atoms with Crippen molar-refractivity contribution in [1.82, 2.24) is 9.55 Å². The second-order valence-electron chi connectivity index (χ2n) is 5.96. The highest BCUT2D eigenvalue weighted by atomic mass is 127. The Morgan fingerprint density at radius 1 is 1.04 bits per heavy atom. The van der Waals surface area contributed by atoms with Gasteiger partial charge < -0.3 is 9.84 Å². The Balaban J connectivity index is 1.94. The van der Waals surface area contributed by atoms with Gasteiger partial charge in [0.15, 0.2) is 0 Å². The number of aromatic nitrogens is 2. The van der Waals surface area contributed by atoms with Crippen LogP contribution < -0.4 is 0 Å². The lowest BCUT2D eigenvalue weighted by molar-refractivity contribution is 0.0600. The Morgan fingerprint density at radius 2 is 1.74 bits per heavy atom. The highest BCUT2D eigenvalue weighted by molar-refractivity contribution is 14.1. The van der Waals surface area contributed by atoms with Crippen molar-refractivity contribution < 1.29 is 14.6 Å². The third-order valence-electron chi connectivity index (χ3n) is 4.31. The van der Waals surface area contributed by atoms with Crippen molar-refractivity contribution in [2.24, 2.45) is 0 Å². The third-order valence-corrected chi connectivity index (χ3v) is 5.18. The van der Waals surface area contributed by atoms with Gasteiger partial charge in [0.2, 0.25) is 0 Å². The lowest BCUT2D eigenvalue weighted by atomic mass is 10.1. The molecule has 4 aromatic rings. The number of phenols is 1. The number of carbonyl (C=O) groups is 1. The molecule has 0 amide bonds. The summed E-state index contributed by atoms with van der Waals surface area (Å²) in [6, 6.07) is 20.2. The lowest BCUT2D eigenvalue weighted by Gasteiger charge is -2.10. The standard InChI is InChI=1S/C21H15IN2O3/c1-27-21(26)14-7-5-13(6-8-14)20-23-19-17(22)3-2-4-18(19)24(20)15-9-11-16(25)12-10-15/h2-12,25H,1H3. The molecule has 0 fully saturated rings. The number of rotatable bonds is 3. The first-order valence-electron chi connectivity index (χ1n) is 8.23. The molecule has 1 aromatic heterocycles. The Labute approximate surface area is 169 Å². The molecular weight excluding hydrogens is 455 g/mol. The molecule has 1 heterocycles. The zero-order valence-corrected chi connectivity index (χ0v) is 16.5. The number of esters is 1. The van der Waals surface area contributed by atoms with E-state index in [2.05, 4.69) is 22.6 Å². The minimum absolute atomic E-state index is 0.210. The number of methoxy groups -OCH3 is 1. The second kappa shape index (κ2) is 7.03. The van der Waals surface area contributed by atoms with Crippen LogP contribution in [0.25, 0.3) is 28.1 Å². The van der Waals surface area contributed by atoms with Gasteiger partial charge in [-0.3, -0.25) is 4.57 Å². The van der Waals surface area contributed by atoms with E-state index in [1.807, 2.05) is 47.0 Å². The zero-order valence-electron chi connectivity index (χ0n) is 14.4. The van der Waals surface area contributed by atoms with Gasteiger partial charge in [-0.15, -0.1) is 0 Å². The van der Waals surface area contributed by atoms with Gasteiger partial charge in [0.1, 0.15) is 17.1 Å². The molecule has 5 nitrogen and oxygen atoms in total. The molecule has 27 heavy (non-hydrogen) atoms. The van der Waals surface area contributed by atoms with Crippen LogP contribution in [0.2, 0.25) is 0 Å². The van der Waals surface area contributed by atoms with E-state index in [4.69, 9.17) is 9.72 Å². The van der Waals surface area contributed by atoms with Crippen LogP contribution in [0, 0.1) is 3.57 Å². The van der Waals surface area contributed by atoms with E-state index in [1.165, 1.54) is 7.11 Å². The van der Waals surface area contributed by atoms with Crippen LogP contribution in [-0.2, 0) is 4.74 Å². The first-order chi connectivity index (χ1) is 13.1. The van der Waals surface area contributed by atoms with Crippen LogP contribution in [-0.4, -0.2) is 27.7 Å². The molecule has 134 valence electrons. The largest absolute Gasteiger partial charge is 0.508 e. The predicted molar refractivity (Wildman–Crippen MR) is 112 cm³/mol. The van der Waals surface area contributed by atoms with E-state index in [0.29, 0.717) is 5.56 Å². The van der Waals surface area contributed by atoms with Crippen LogP contribution in [0.3, 0.4) is 0 Å². The monoisotopic (exact) mass is 470 g/mol. The van der Waals surface area contributed by atoms with Crippen molar-refractivity contribution in [1.29, 1.82) is 0 Å². The Bertz CT molecular complexity index is 1130. The summed E-state index contributed by atoms with van der Waals surface area (Å²) in [7, 11) is 1.36. The van der Waals surface area contributed by atoms with Gasteiger partial charge in [0.05, 0.1) is 18.2 Å². The summed E-state index contributed by atoms with van der Waals surface area (Å²) in [6.45, 7) is 0. The van der Waals surface area contributed by atoms with Crippen LogP contribution in [0.5, 0.6) is 5.75 Å². The summed E-state index contributed by atoms with van der Waals surface area (Å²) in [6.07, 6.45) is 0. The quantitative estimate of drug-likeness (QED) is 0.346. The Kier molecular flexibility index (Phi) is 4.57. The molecule has 0 aliphatic rings. The van der Waals surface area contributed by atoms with Gasteiger partial charge in [-0.05, 0) is 71.1 Å². The number of benzene rings is 3. The Morgan fingerprint density at radius 3 is 2.41 bits per heavy atom. The fourth-order valence-corrected chi connectivity index (χ4v) is 3.60. The molecule has 0 bridgehead atoms. The van der Waals surface area contributed by atoms with E-state index in [-0.39, 0.29) is 11.7 Å². The zero-order chi connectivity index (χ0) is 19.0. The molecule has 0 aliphatic carbocycles. The summed E-state index contributed by atoms with van der Waals surface area (Å²) >= 11 is 2.27. The van der Waals surface area contributed by atoms with Crippen LogP contribution in [0.1, 0.15) is 10.4 Å². The normalized spacial score (nSPS) is 10.9. The number of ether oxygens (including phenoxy) is 1. The predicted octanol–water partition coefficient (Wildman–Crippen LogP) is 4.79. The number of phenolic OH excluding ortho intramolecular Hbond substituents is 1. The topological polar surface area (TPSA) is 64.3 Å². The minimum Gasteiger partial charge on any atom is -0.508 e. The molecule has 0 saturated carbocycles. The number of fused-ring (bicyclic) bond motifs is 1. The molecule has 0 radical (unpaired) electrons. The lowest BCUT2D eigenvalue weighted by Crippen LogP contribution is -2.01. The number of carbonyl (C=O) groups excluding carboxylic acids is 1. The van der Waals surface area contributed by atoms with Crippen LogP contribution >= 0.6 is 22.6 Å². The van der Waals surface area contributed by atoms with Gasteiger partial charge in [0, 0.05) is 14.8 Å². The van der Waals surface area contributed by atoms with Gasteiger partial charge in [-0.25, -0.2) is 9.78 Å². The highest BCUT2D eigenvalue weighted by Crippen LogP contribution is 2.31. The third kappa shape index (κ3) is 3.16. The molecule has 0 unspecified atom stereocenters. The average molecular weight is 470 g/mol. The number of imidazole rings is 1. The van der Waals surface area contributed by atoms with Gasteiger partial charge in [0.25, 0.3) is 0 Å². The highest BCUT2D eigenvalue weighted by Gasteiger charge is 2.16. The van der Waals surface area contributed by atoms with Gasteiger partial charge in [-0.1, -0.05) is 18.2 Å². The molecule has 1 N–H and O–H groups in total. The summed E-state index contributed by atoms with van der Waals surface area (Å²) in [5.41, 5.74) is 4.13. The number of para-hydroxylation sites is 1. The molecule has 6 heteroatoms. The molecule has 0 aliphatic heterocycles. The summed E-state index contributed by atoms with van der Waals surface area (Å²) in [5.74, 6) is 0.598. The van der Waals surface area contributed by atoms with Gasteiger partial charge in [-0.2, -0.15) is 0 Å². The van der Waals surface area contributed by atoms with E-state index in [1.54, 1.807) is 24.3 Å². The van der Waals surface area contributed by atoms with Crippen molar-refractivity contribution in [3.05, 3.63) is 75.9 Å². The maximum absolute atomic E-state index is 11.7. The molecule has 0 spiro atoms. The number of aromatic hydroxyl groups is 1. The first kappa shape index (κ1) is 17.5. The number of halogens is 1. The SMILES string of the molecule is COC(=O)c1ccc(-c2nc3c(I)cccc3n2-c2ccc(O)cc2)cc1. The molecule has 4 rings (SSSR count). The number of hydrogen-bond acceptors (Lipinski definition) is 4.